The number of aromatic nitrogens is 3. The Morgan fingerprint density at radius 2 is 1.85 bits per heavy atom. The van der Waals surface area contributed by atoms with Crippen molar-refractivity contribution in [2.24, 2.45) is 0 Å². The third-order valence-corrected chi connectivity index (χ3v) is 5.72. The van der Waals surface area contributed by atoms with Crippen LogP contribution in [0, 0.1) is 0 Å². The predicted octanol–water partition coefficient (Wildman–Crippen LogP) is 4.56. The molecule has 2 rings (SSSR count). The van der Waals surface area contributed by atoms with Crippen LogP contribution >= 0.6 is 22.7 Å². The number of hydrogen-bond donors (Lipinski definition) is 1. The molecule has 0 radical (unpaired) electrons. The number of anilines is 1. The van der Waals surface area contributed by atoms with E-state index in [9.17, 15) is 0 Å². The number of aryl methyl sites for hydroxylation is 1. The molecule has 0 amide bonds. The van der Waals surface area contributed by atoms with E-state index >= 15 is 0 Å². The highest BCUT2D eigenvalue weighted by molar-refractivity contribution is 7.23. The van der Waals surface area contributed by atoms with E-state index in [0.717, 1.165) is 35.8 Å². The van der Waals surface area contributed by atoms with Crippen molar-refractivity contribution in [1.29, 1.82) is 0 Å². The molecule has 0 atom stereocenters. The average molecular weight is 310 g/mol. The van der Waals surface area contributed by atoms with E-state index < -0.39 is 0 Å². The van der Waals surface area contributed by atoms with Gasteiger partial charge in [-0.2, -0.15) is 0 Å². The largest absolute Gasteiger partial charge is 0.363 e. The van der Waals surface area contributed by atoms with Gasteiger partial charge >= 0.3 is 0 Å². The van der Waals surface area contributed by atoms with Crippen molar-refractivity contribution in [2.45, 2.75) is 52.4 Å². The van der Waals surface area contributed by atoms with Crippen LogP contribution < -0.4 is 5.32 Å². The van der Waals surface area contributed by atoms with E-state index in [4.69, 9.17) is 4.98 Å². The van der Waals surface area contributed by atoms with Crippen LogP contribution in [0.25, 0.3) is 9.88 Å². The molecule has 20 heavy (non-hydrogen) atoms. The molecule has 0 saturated carbocycles. The fraction of sp³-hybridized carbons (Fsp3) is 0.643. The lowest BCUT2D eigenvalue weighted by Crippen LogP contribution is -1.95. The minimum atomic E-state index is 0.570. The highest BCUT2D eigenvalue weighted by Gasteiger charge is 2.20. The van der Waals surface area contributed by atoms with Gasteiger partial charge in [0.05, 0.1) is 15.6 Å². The number of rotatable bonds is 7. The standard InChI is InChI=1S/C14H22N4S2/c1-5-8-10-11(13-17-18-14(15-4)20-13)19-12(16-10)9(6-2)7-3/h9H,5-8H2,1-4H3,(H,15,18). The van der Waals surface area contributed by atoms with Crippen molar-refractivity contribution >= 4 is 27.8 Å². The molecule has 4 nitrogen and oxygen atoms in total. The molecule has 0 aromatic carbocycles. The molecule has 0 aliphatic carbocycles. The molecule has 1 N–H and O–H groups in total. The lowest BCUT2D eigenvalue weighted by atomic mass is 10.1. The van der Waals surface area contributed by atoms with Crippen molar-refractivity contribution < 1.29 is 0 Å². The zero-order valence-corrected chi connectivity index (χ0v) is 14.2. The first-order valence-corrected chi connectivity index (χ1v) is 8.87. The lowest BCUT2D eigenvalue weighted by molar-refractivity contribution is 0.634. The fourth-order valence-electron chi connectivity index (χ4n) is 2.17. The van der Waals surface area contributed by atoms with E-state index in [-0.39, 0.29) is 0 Å². The van der Waals surface area contributed by atoms with Gasteiger partial charge in [0.2, 0.25) is 5.13 Å². The maximum absolute atomic E-state index is 4.89. The molecule has 0 unspecified atom stereocenters. The van der Waals surface area contributed by atoms with Gasteiger partial charge in [-0.25, -0.2) is 4.98 Å². The first-order chi connectivity index (χ1) is 9.73. The summed E-state index contributed by atoms with van der Waals surface area (Å²) in [6, 6.07) is 0. The molecular formula is C14H22N4S2. The van der Waals surface area contributed by atoms with E-state index in [0.29, 0.717) is 5.92 Å². The van der Waals surface area contributed by atoms with Crippen LogP contribution in [0.3, 0.4) is 0 Å². The van der Waals surface area contributed by atoms with Crippen LogP contribution in [-0.2, 0) is 6.42 Å². The first-order valence-electron chi connectivity index (χ1n) is 7.24. The highest BCUT2D eigenvalue weighted by Crippen LogP contribution is 2.38. The molecule has 2 aromatic rings. The molecule has 2 aromatic heterocycles. The minimum absolute atomic E-state index is 0.570. The molecule has 0 saturated heterocycles. The van der Waals surface area contributed by atoms with Crippen molar-refractivity contribution in [3.63, 3.8) is 0 Å². The molecule has 0 aliphatic heterocycles. The van der Waals surface area contributed by atoms with Gasteiger partial charge in [-0.05, 0) is 19.3 Å². The third kappa shape index (κ3) is 3.17. The number of nitrogens with one attached hydrogen (secondary N) is 1. The summed E-state index contributed by atoms with van der Waals surface area (Å²) >= 11 is 3.41. The van der Waals surface area contributed by atoms with Crippen molar-refractivity contribution in [3.8, 4) is 9.88 Å². The summed E-state index contributed by atoms with van der Waals surface area (Å²) in [4.78, 5) is 6.11. The Morgan fingerprint density at radius 1 is 1.10 bits per heavy atom. The van der Waals surface area contributed by atoms with E-state index in [1.165, 1.54) is 15.6 Å². The zero-order valence-electron chi connectivity index (χ0n) is 12.6. The average Bonchev–Trinajstić information content (AvgIpc) is 3.07. The molecule has 2 heterocycles. The summed E-state index contributed by atoms with van der Waals surface area (Å²) in [5.74, 6) is 0.570. The Hall–Kier alpha value is -1.01. The highest BCUT2D eigenvalue weighted by atomic mass is 32.1. The Balaban J connectivity index is 2.39. The van der Waals surface area contributed by atoms with Crippen molar-refractivity contribution in [1.82, 2.24) is 15.2 Å². The molecular weight excluding hydrogens is 288 g/mol. The molecule has 0 spiro atoms. The maximum atomic E-state index is 4.89. The van der Waals surface area contributed by atoms with Gasteiger partial charge in [0, 0.05) is 13.0 Å². The van der Waals surface area contributed by atoms with Crippen LogP contribution in [-0.4, -0.2) is 22.2 Å². The quantitative estimate of drug-likeness (QED) is 0.814. The van der Waals surface area contributed by atoms with Gasteiger partial charge in [-0.3, -0.25) is 0 Å². The minimum Gasteiger partial charge on any atom is -0.363 e. The van der Waals surface area contributed by atoms with E-state index in [2.05, 4.69) is 36.3 Å². The molecule has 0 aliphatic rings. The number of thiazole rings is 1. The Kier molecular flexibility index (Phi) is 5.48. The fourth-order valence-corrected chi connectivity index (χ4v) is 4.34. The van der Waals surface area contributed by atoms with Gasteiger partial charge in [0.1, 0.15) is 0 Å². The second-order valence-electron chi connectivity index (χ2n) is 4.75. The number of hydrogen-bond acceptors (Lipinski definition) is 6. The van der Waals surface area contributed by atoms with Gasteiger partial charge in [0.25, 0.3) is 0 Å². The molecule has 6 heteroatoms. The van der Waals surface area contributed by atoms with Crippen molar-refractivity contribution in [3.05, 3.63) is 10.7 Å². The summed E-state index contributed by atoms with van der Waals surface area (Å²) in [6.45, 7) is 6.66. The van der Waals surface area contributed by atoms with Gasteiger partial charge in [-0.1, -0.05) is 38.5 Å². The molecule has 0 fully saturated rings. The van der Waals surface area contributed by atoms with Gasteiger partial charge < -0.3 is 5.32 Å². The summed E-state index contributed by atoms with van der Waals surface area (Å²) < 4.78 is 0. The Bertz CT molecular complexity index is 543. The summed E-state index contributed by atoms with van der Waals surface area (Å²) in [5, 5.41) is 14.6. The van der Waals surface area contributed by atoms with Crippen LogP contribution in [0.5, 0.6) is 0 Å². The second-order valence-corrected chi connectivity index (χ2v) is 6.76. The van der Waals surface area contributed by atoms with Crippen LogP contribution in [0.15, 0.2) is 0 Å². The molecule has 110 valence electrons. The third-order valence-electron chi connectivity index (χ3n) is 3.37. The Morgan fingerprint density at radius 3 is 2.40 bits per heavy atom. The van der Waals surface area contributed by atoms with Crippen LogP contribution in [0.1, 0.15) is 56.7 Å². The second kappa shape index (κ2) is 7.13. The van der Waals surface area contributed by atoms with Crippen molar-refractivity contribution in [2.75, 3.05) is 12.4 Å². The predicted molar refractivity (Wildman–Crippen MR) is 87.9 cm³/mol. The van der Waals surface area contributed by atoms with Gasteiger partial charge in [-0.15, -0.1) is 21.5 Å². The normalized spacial score (nSPS) is 11.2. The van der Waals surface area contributed by atoms with E-state index in [1.807, 2.05) is 7.05 Å². The number of nitrogens with zero attached hydrogens (tertiary/aromatic N) is 3. The SMILES string of the molecule is CCCc1nc(C(CC)CC)sc1-c1nnc(NC)s1. The van der Waals surface area contributed by atoms with Crippen LogP contribution in [0.2, 0.25) is 0 Å². The molecule has 0 bridgehead atoms. The summed E-state index contributed by atoms with van der Waals surface area (Å²) in [5.41, 5.74) is 1.19. The summed E-state index contributed by atoms with van der Waals surface area (Å²) in [6.07, 6.45) is 4.41. The summed E-state index contributed by atoms with van der Waals surface area (Å²) in [7, 11) is 1.87. The maximum Gasteiger partial charge on any atom is 0.205 e. The first kappa shape index (κ1) is 15.4. The zero-order chi connectivity index (χ0) is 14.5. The van der Waals surface area contributed by atoms with E-state index in [1.54, 1.807) is 22.7 Å². The van der Waals surface area contributed by atoms with Gasteiger partial charge in [0.15, 0.2) is 5.01 Å². The smallest absolute Gasteiger partial charge is 0.205 e. The Labute approximate surface area is 128 Å². The monoisotopic (exact) mass is 310 g/mol. The topological polar surface area (TPSA) is 50.7 Å². The van der Waals surface area contributed by atoms with Crippen LogP contribution in [0.4, 0.5) is 5.13 Å². The lowest BCUT2D eigenvalue weighted by Gasteiger charge is -2.06.